The molecule has 2 fully saturated rings. The molecule has 1 N–H and O–H groups in total. The molecule has 7 nitrogen and oxygen atoms in total. The van der Waals surface area contributed by atoms with Crippen LogP contribution in [0.4, 0.5) is 5.88 Å². The van der Waals surface area contributed by atoms with Gasteiger partial charge in [-0.25, -0.2) is 0 Å². The molecule has 0 spiro atoms. The lowest BCUT2D eigenvalue weighted by Crippen LogP contribution is -2.35. The normalized spacial score (nSPS) is 21.5. The third kappa shape index (κ3) is 4.16. The van der Waals surface area contributed by atoms with Gasteiger partial charge in [0.05, 0.1) is 19.3 Å². The zero-order valence-corrected chi connectivity index (χ0v) is 13.5. The Balaban J connectivity index is 1.60. The van der Waals surface area contributed by atoms with E-state index in [4.69, 9.17) is 13.9 Å². The first-order chi connectivity index (χ1) is 11.8. The van der Waals surface area contributed by atoms with E-state index >= 15 is 0 Å². The summed E-state index contributed by atoms with van der Waals surface area (Å²) < 4.78 is 16.5. The smallest absolute Gasteiger partial charge is 0.262 e. The van der Waals surface area contributed by atoms with Crippen molar-refractivity contribution in [1.82, 2.24) is 5.32 Å². The molecule has 7 heteroatoms. The van der Waals surface area contributed by atoms with Crippen LogP contribution in [0.15, 0.2) is 22.1 Å². The highest BCUT2D eigenvalue weighted by molar-refractivity contribution is 6.01. The largest absolute Gasteiger partial charge is 0.441 e. The van der Waals surface area contributed by atoms with E-state index < -0.39 is 5.91 Å². The quantitative estimate of drug-likeness (QED) is 0.647. The Morgan fingerprint density at radius 1 is 1.38 bits per heavy atom. The van der Waals surface area contributed by atoms with Gasteiger partial charge in [0, 0.05) is 38.4 Å². The van der Waals surface area contributed by atoms with Crippen molar-refractivity contribution < 1.29 is 18.7 Å². The molecular weight excluding hydrogens is 310 g/mol. The molecular formula is C17H21N3O4. The predicted molar refractivity (Wildman–Crippen MR) is 87.3 cm³/mol. The van der Waals surface area contributed by atoms with E-state index in [0.29, 0.717) is 25.5 Å². The van der Waals surface area contributed by atoms with Gasteiger partial charge in [0.25, 0.3) is 5.91 Å². The van der Waals surface area contributed by atoms with Crippen molar-refractivity contribution in [3.63, 3.8) is 0 Å². The molecule has 0 aliphatic carbocycles. The Labute approximate surface area is 140 Å². The van der Waals surface area contributed by atoms with Gasteiger partial charge in [-0.1, -0.05) is 0 Å². The second-order valence-corrected chi connectivity index (χ2v) is 5.79. The fraction of sp³-hybridized carbons (Fsp3) is 0.529. The minimum Gasteiger partial charge on any atom is -0.441 e. The first kappa shape index (κ1) is 16.6. The summed E-state index contributed by atoms with van der Waals surface area (Å²) in [5.41, 5.74) is 0.0240. The highest BCUT2D eigenvalue weighted by atomic mass is 16.5. The molecule has 0 bridgehead atoms. The Hall–Kier alpha value is -2.30. The highest BCUT2D eigenvalue weighted by Gasteiger charge is 2.18. The standard InChI is InChI=1S/C17H21N3O4/c18-11-13(17(21)19-12-15-2-1-7-23-15)10-14-3-4-16(24-14)20-5-8-22-9-6-20/h3-4,10,15H,1-2,5-9,12H2,(H,19,21). The second kappa shape index (κ2) is 7.99. The van der Waals surface area contributed by atoms with E-state index in [-0.39, 0.29) is 11.7 Å². The first-order valence-corrected chi connectivity index (χ1v) is 8.20. The van der Waals surface area contributed by atoms with Crippen LogP contribution in [0, 0.1) is 11.3 Å². The van der Waals surface area contributed by atoms with Crippen LogP contribution in [0.25, 0.3) is 6.08 Å². The molecule has 24 heavy (non-hydrogen) atoms. The number of hydrogen-bond donors (Lipinski definition) is 1. The van der Waals surface area contributed by atoms with Crippen molar-refractivity contribution in [3.05, 3.63) is 23.5 Å². The average molecular weight is 331 g/mol. The molecule has 2 saturated heterocycles. The number of nitrogens with zero attached hydrogens (tertiary/aromatic N) is 2. The number of ether oxygens (including phenoxy) is 2. The molecule has 3 heterocycles. The topological polar surface area (TPSA) is 87.7 Å². The summed E-state index contributed by atoms with van der Waals surface area (Å²) in [6.07, 6.45) is 3.46. The number of carbonyl (C=O) groups excluding carboxylic acids is 1. The van der Waals surface area contributed by atoms with Crippen LogP contribution in [-0.2, 0) is 14.3 Å². The van der Waals surface area contributed by atoms with Crippen molar-refractivity contribution in [2.75, 3.05) is 44.4 Å². The summed E-state index contributed by atoms with van der Waals surface area (Å²) in [6.45, 7) is 4.03. The van der Waals surface area contributed by atoms with Crippen molar-refractivity contribution in [3.8, 4) is 6.07 Å². The average Bonchev–Trinajstić information content (AvgIpc) is 3.30. The number of nitriles is 1. The van der Waals surface area contributed by atoms with Crippen LogP contribution in [0.1, 0.15) is 18.6 Å². The second-order valence-electron chi connectivity index (χ2n) is 5.79. The van der Waals surface area contributed by atoms with Crippen LogP contribution in [0.5, 0.6) is 0 Å². The summed E-state index contributed by atoms with van der Waals surface area (Å²) in [5.74, 6) is 0.805. The lowest BCUT2D eigenvalue weighted by atomic mass is 10.2. The molecule has 1 aromatic heterocycles. The number of rotatable bonds is 5. The van der Waals surface area contributed by atoms with Crippen LogP contribution >= 0.6 is 0 Å². The molecule has 1 atom stereocenters. The minimum absolute atomic E-state index is 0.0240. The molecule has 0 saturated carbocycles. The molecule has 1 amide bonds. The van der Waals surface area contributed by atoms with Crippen molar-refractivity contribution in [2.45, 2.75) is 18.9 Å². The van der Waals surface area contributed by atoms with Gasteiger partial charge in [-0.15, -0.1) is 0 Å². The summed E-state index contributed by atoms with van der Waals surface area (Å²) in [4.78, 5) is 14.2. The van der Waals surface area contributed by atoms with Gasteiger partial charge in [-0.2, -0.15) is 5.26 Å². The van der Waals surface area contributed by atoms with Crippen molar-refractivity contribution >= 4 is 17.9 Å². The van der Waals surface area contributed by atoms with E-state index in [1.807, 2.05) is 12.1 Å². The summed E-state index contributed by atoms with van der Waals surface area (Å²) in [7, 11) is 0. The molecule has 3 rings (SSSR count). The zero-order chi connectivity index (χ0) is 16.8. The monoisotopic (exact) mass is 331 g/mol. The molecule has 2 aliphatic heterocycles. The number of anilines is 1. The van der Waals surface area contributed by atoms with E-state index in [1.165, 1.54) is 6.08 Å². The van der Waals surface area contributed by atoms with E-state index in [1.54, 1.807) is 6.07 Å². The Bertz CT molecular complexity index is 635. The molecule has 128 valence electrons. The summed E-state index contributed by atoms with van der Waals surface area (Å²) >= 11 is 0. The van der Waals surface area contributed by atoms with Crippen LogP contribution < -0.4 is 10.2 Å². The first-order valence-electron chi connectivity index (χ1n) is 8.20. The zero-order valence-electron chi connectivity index (χ0n) is 13.5. The third-order valence-electron chi connectivity index (χ3n) is 4.10. The van der Waals surface area contributed by atoms with Gasteiger partial charge >= 0.3 is 0 Å². The van der Waals surface area contributed by atoms with Gasteiger partial charge in [-0.3, -0.25) is 4.79 Å². The van der Waals surface area contributed by atoms with Crippen LogP contribution in [-0.4, -0.2) is 51.5 Å². The fourth-order valence-electron chi connectivity index (χ4n) is 2.77. The number of amides is 1. The number of morpholine rings is 1. The Morgan fingerprint density at radius 3 is 2.92 bits per heavy atom. The molecule has 1 aromatic rings. The van der Waals surface area contributed by atoms with E-state index in [0.717, 1.165) is 38.4 Å². The molecule has 2 aliphatic rings. The lowest BCUT2D eigenvalue weighted by molar-refractivity contribution is -0.117. The molecule has 0 aromatic carbocycles. The summed E-state index contributed by atoms with van der Waals surface area (Å²) in [6, 6.07) is 5.53. The Morgan fingerprint density at radius 2 is 2.21 bits per heavy atom. The third-order valence-corrected chi connectivity index (χ3v) is 4.10. The van der Waals surface area contributed by atoms with Gasteiger partial charge < -0.3 is 24.1 Å². The van der Waals surface area contributed by atoms with Gasteiger partial charge in [0.1, 0.15) is 17.4 Å². The molecule has 0 radical (unpaired) electrons. The number of hydrogen-bond acceptors (Lipinski definition) is 6. The van der Waals surface area contributed by atoms with Crippen molar-refractivity contribution in [1.29, 1.82) is 5.26 Å². The maximum atomic E-state index is 12.1. The van der Waals surface area contributed by atoms with Gasteiger partial charge in [0.2, 0.25) is 0 Å². The van der Waals surface area contributed by atoms with Gasteiger partial charge in [-0.05, 0) is 18.9 Å². The van der Waals surface area contributed by atoms with E-state index in [9.17, 15) is 10.1 Å². The highest BCUT2D eigenvalue weighted by Crippen LogP contribution is 2.21. The minimum atomic E-state index is -0.405. The number of carbonyl (C=O) groups is 1. The number of furan rings is 1. The maximum absolute atomic E-state index is 12.1. The fourth-order valence-corrected chi connectivity index (χ4v) is 2.77. The van der Waals surface area contributed by atoms with Crippen LogP contribution in [0.3, 0.4) is 0 Å². The predicted octanol–water partition coefficient (Wildman–Crippen LogP) is 1.32. The lowest BCUT2D eigenvalue weighted by Gasteiger charge is -2.26. The number of nitrogens with one attached hydrogen (secondary N) is 1. The Kier molecular flexibility index (Phi) is 5.51. The maximum Gasteiger partial charge on any atom is 0.262 e. The van der Waals surface area contributed by atoms with Crippen LogP contribution in [0.2, 0.25) is 0 Å². The van der Waals surface area contributed by atoms with E-state index in [2.05, 4.69) is 10.2 Å². The molecule has 1 unspecified atom stereocenters. The van der Waals surface area contributed by atoms with Crippen molar-refractivity contribution in [2.24, 2.45) is 0 Å². The summed E-state index contributed by atoms with van der Waals surface area (Å²) in [5, 5.41) is 12.0. The SMILES string of the molecule is N#CC(=Cc1ccc(N2CCOCC2)o1)C(=O)NCC1CCCO1. The van der Waals surface area contributed by atoms with Gasteiger partial charge in [0.15, 0.2) is 5.88 Å².